The fourth-order valence-corrected chi connectivity index (χ4v) is 4.90. The van der Waals surface area contributed by atoms with E-state index in [2.05, 4.69) is 0 Å². The van der Waals surface area contributed by atoms with Crippen LogP contribution in [0.3, 0.4) is 0 Å². The van der Waals surface area contributed by atoms with Crippen molar-refractivity contribution in [3.05, 3.63) is 91.9 Å². The van der Waals surface area contributed by atoms with Gasteiger partial charge in [0.15, 0.2) is 11.5 Å². The third-order valence-corrected chi connectivity index (χ3v) is 6.57. The van der Waals surface area contributed by atoms with Crippen LogP contribution in [0, 0.1) is 0 Å². The number of cyclic esters (lactones) is 1. The van der Waals surface area contributed by atoms with Crippen molar-refractivity contribution >= 4 is 60.2 Å². The molecule has 0 amide bonds. The zero-order valence-corrected chi connectivity index (χ0v) is 21.0. The Balaban J connectivity index is 0.000000252. The van der Waals surface area contributed by atoms with Gasteiger partial charge in [-0.2, -0.15) is 0 Å². The van der Waals surface area contributed by atoms with E-state index in [0.29, 0.717) is 22.2 Å². The molecule has 3 aromatic rings. The normalized spacial score (nSPS) is 12.3. The van der Waals surface area contributed by atoms with Gasteiger partial charge in [0, 0.05) is 15.6 Å². The van der Waals surface area contributed by atoms with E-state index in [4.69, 9.17) is 64.7 Å². The van der Waals surface area contributed by atoms with Gasteiger partial charge in [0.1, 0.15) is 6.61 Å². The maximum Gasteiger partial charge on any atom is 0.587 e. The maximum absolute atomic E-state index is 12.8. The third-order valence-electron chi connectivity index (χ3n) is 4.09. The monoisotopic (exact) mass is 548 g/mol. The van der Waals surface area contributed by atoms with Crippen molar-refractivity contribution in [1.82, 2.24) is 0 Å². The zero-order chi connectivity index (χ0) is 24.0. The Bertz CT molecular complexity index is 1150. The summed E-state index contributed by atoms with van der Waals surface area (Å²) in [7, 11) is -4.00. The Kier molecular flexibility index (Phi) is 8.94. The number of phosphoric ester groups is 1. The van der Waals surface area contributed by atoms with Gasteiger partial charge in [-0.3, -0.25) is 4.52 Å². The molecule has 0 aliphatic carbocycles. The van der Waals surface area contributed by atoms with Gasteiger partial charge < -0.3 is 13.8 Å². The Labute approximate surface area is 210 Å². The van der Waals surface area contributed by atoms with Gasteiger partial charge in [-0.15, -0.1) is 0 Å². The molecule has 1 aliphatic heterocycles. The van der Waals surface area contributed by atoms with Gasteiger partial charge >= 0.3 is 13.8 Å². The van der Waals surface area contributed by atoms with E-state index in [-0.39, 0.29) is 34.1 Å². The lowest BCUT2D eigenvalue weighted by atomic mass is 10.1. The summed E-state index contributed by atoms with van der Waals surface area (Å²) in [6, 6.07) is 16.3. The van der Waals surface area contributed by atoms with Crippen LogP contribution in [0.4, 0.5) is 0 Å². The predicted octanol–water partition coefficient (Wildman–Crippen LogP) is 8.26. The summed E-state index contributed by atoms with van der Waals surface area (Å²) in [4.78, 5) is 10.8. The summed E-state index contributed by atoms with van der Waals surface area (Å²) < 4.78 is 33.4. The molecule has 4 rings (SSSR count). The molecule has 0 unspecified atom stereocenters. The average Bonchev–Trinajstić information content (AvgIpc) is 3.14. The van der Waals surface area contributed by atoms with E-state index in [9.17, 15) is 9.36 Å². The summed E-state index contributed by atoms with van der Waals surface area (Å²) in [6.45, 7) is 2.18. The fourth-order valence-electron chi connectivity index (χ4n) is 2.64. The van der Waals surface area contributed by atoms with E-state index >= 15 is 0 Å². The van der Waals surface area contributed by atoms with Crippen LogP contribution in [0.2, 0.25) is 20.1 Å². The third kappa shape index (κ3) is 7.03. The number of esters is 1. The van der Waals surface area contributed by atoms with Gasteiger partial charge in [-0.05, 0) is 49.4 Å². The van der Waals surface area contributed by atoms with Crippen LogP contribution >= 0.6 is 54.2 Å². The number of rotatable bonds is 6. The van der Waals surface area contributed by atoms with Gasteiger partial charge in [0.05, 0.1) is 22.2 Å². The lowest BCUT2D eigenvalue weighted by Gasteiger charge is -2.19. The quantitative estimate of drug-likeness (QED) is 0.227. The molecule has 0 saturated heterocycles. The minimum absolute atomic E-state index is 0.0910. The molecule has 6 nitrogen and oxygen atoms in total. The smallest absolute Gasteiger partial charge is 0.457 e. The Morgan fingerprint density at radius 3 is 1.91 bits per heavy atom. The molecule has 0 spiro atoms. The van der Waals surface area contributed by atoms with E-state index in [1.165, 1.54) is 36.4 Å². The van der Waals surface area contributed by atoms with Gasteiger partial charge in [0.2, 0.25) is 0 Å². The first-order valence-corrected chi connectivity index (χ1v) is 12.5. The number of ether oxygens (including phenoxy) is 1. The van der Waals surface area contributed by atoms with Crippen LogP contribution in [-0.4, -0.2) is 12.6 Å². The molecule has 0 aromatic heterocycles. The lowest BCUT2D eigenvalue weighted by molar-refractivity contribution is 0.0535. The highest BCUT2D eigenvalue weighted by Crippen LogP contribution is 2.52. The van der Waals surface area contributed by atoms with E-state index < -0.39 is 7.82 Å². The highest BCUT2D eigenvalue weighted by molar-refractivity contribution is 7.49. The topological polar surface area (TPSA) is 71.1 Å². The number of benzene rings is 3. The van der Waals surface area contributed by atoms with Crippen molar-refractivity contribution in [2.24, 2.45) is 0 Å². The molecule has 0 fully saturated rings. The molecule has 174 valence electrons. The first-order chi connectivity index (χ1) is 15.7. The Morgan fingerprint density at radius 1 is 0.879 bits per heavy atom. The summed E-state index contributed by atoms with van der Waals surface area (Å²) >= 11 is 23.6. The van der Waals surface area contributed by atoms with Crippen LogP contribution in [0.15, 0.2) is 60.7 Å². The summed E-state index contributed by atoms with van der Waals surface area (Å²) in [6.07, 6.45) is 0. The molecule has 33 heavy (non-hydrogen) atoms. The average molecular weight is 550 g/mol. The summed E-state index contributed by atoms with van der Waals surface area (Å²) in [5.41, 5.74) is 1.70. The Morgan fingerprint density at radius 2 is 1.42 bits per heavy atom. The SMILES string of the molecule is CCOP(=O)(Oc1ccc(Cl)cc1Cl)Oc1ccc(Cl)cc1Cl.O=C1OCc2ccccc21. The zero-order valence-electron chi connectivity index (χ0n) is 17.1. The number of hydrogen-bond donors (Lipinski definition) is 0. The molecule has 0 bridgehead atoms. The molecule has 1 aliphatic rings. The highest BCUT2D eigenvalue weighted by atomic mass is 35.5. The second-order valence-corrected chi connectivity index (χ2v) is 9.64. The van der Waals surface area contributed by atoms with Gasteiger partial charge in [0.25, 0.3) is 0 Å². The molecule has 1 heterocycles. The van der Waals surface area contributed by atoms with Crippen molar-refractivity contribution in [1.29, 1.82) is 0 Å². The number of hydrogen-bond acceptors (Lipinski definition) is 6. The minimum atomic E-state index is -4.00. The Hall–Kier alpha value is -1.92. The van der Waals surface area contributed by atoms with Crippen LogP contribution in [0.1, 0.15) is 22.8 Å². The van der Waals surface area contributed by atoms with Crippen molar-refractivity contribution < 1.29 is 27.7 Å². The molecular weight excluding hydrogens is 533 g/mol. The van der Waals surface area contributed by atoms with Crippen LogP contribution < -0.4 is 9.05 Å². The van der Waals surface area contributed by atoms with Crippen LogP contribution in [0.25, 0.3) is 0 Å². The number of carbonyl (C=O) groups is 1. The van der Waals surface area contributed by atoms with Crippen molar-refractivity contribution in [3.8, 4) is 11.5 Å². The number of fused-ring (bicyclic) bond motifs is 1. The van der Waals surface area contributed by atoms with Crippen molar-refractivity contribution in [2.75, 3.05) is 6.61 Å². The summed E-state index contributed by atoms with van der Waals surface area (Å²) in [5, 5.41) is 1.16. The van der Waals surface area contributed by atoms with Crippen LogP contribution in [0.5, 0.6) is 11.5 Å². The number of phosphoric acid groups is 1. The molecule has 0 N–H and O–H groups in total. The molecule has 11 heteroatoms. The standard InChI is InChI=1S/C14H11Cl4O4P.C8H6O2/c1-2-20-23(19,21-13-5-3-9(15)7-11(13)17)22-14-6-4-10(16)8-12(14)18;9-8-7-4-2-1-3-6(7)5-10-8/h3-8H,2H2,1H3;1-4H,5H2. The fraction of sp³-hybridized carbons (Fsp3) is 0.136. The minimum Gasteiger partial charge on any atom is -0.457 e. The van der Waals surface area contributed by atoms with E-state index in [1.807, 2.05) is 18.2 Å². The molecule has 3 aromatic carbocycles. The van der Waals surface area contributed by atoms with Crippen molar-refractivity contribution in [3.63, 3.8) is 0 Å². The second kappa shape index (κ2) is 11.5. The van der Waals surface area contributed by atoms with Crippen LogP contribution in [-0.2, 0) is 20.4 Å². The number of halogens is 4. The van der Waals surface area contributed by atoms with Gasteiger partial charge in [-0.1, -0.05) is 64.6 Å². The molecule has 0 saturated carbocycles. The first kappa shape index (κ1) is 25.7. The summed E-state index contributed by atoms with van der Waals surface area (Å²) in [5.74, 6) is 0.0199. The largest absolute Gasteiger partial charge is 0.587 e. The second-order valence-electron chi connectivity index (χ2n) is 6.43. The first-order valence-electron chi connectivity index (χ1n) is 9.49. The van der Waals surface area contributed by atoms with Gasteiger partial charge in [-0.25, -0.2) is 9.36 Å². The van der Waals surface area contributed by atoms with E-state index in [0.717, 1.165) is 5.56 Å². The molecule has 0 radical (unpaired) electrons. The highest BCUT2D eigenvalue weighted by Gasteiger charge is 2.32. The molecule has 0 atom stereocenters. The predicted molar refractivity (Wildman–Crippen MR) is 129 cm³/mol. The molecular formula is C22H17Cl4O6P. The van der Waals surface area contributed by atoms with E-state index in [1.54, 1.807) is 13.0 Å². The maximum atomic E-state index is 12.8. The van der Waals surface area contributed by atoms with Crippen molar-refractivity contribution in [2.45, 2.75) is 13.5 Å². The lowest BCUT2D eigenvalue weighted by Crippen LogP contribution is -2.05. The number of carbonyl (C=O) groups excluding carboxylic acids is 1.